The van der Waals surface area contributed by atoms with Crippen molar-refractivity contribution < 1.29 is 18.7 Å². The second kappa shape index (κ2) is 7.45. The van der Waals surface area contributed by atoms with Crippen LogP contribution in [0.1, 0.15) is 41.2 Å². The highest BCUT2D eigenvalue weighted by Gasteiger charge is 2.30. The molecule has 1 N–H and O–H groups in total. The van der Waals surface area contributed by atoms with Gasteiger partial charge in [0.1, 0.15) is 17.7 Å². The molecule has 1 unspecified atom stereocenters. The summed E-state index contributed by atoms with van der Waals surface area (Å²) in [5.41, 5.74) is 1.54. The van der Waals surface area contributed by atoms with Crippen molar-refractivity contribution in [2.45, 2.75) is 31.3 Å². The summed E-state index contributed by atoms with van der Waals surface area (Å²) in [4.78, 5) is 14.7. The lowest BCUT2D eigenvalue weighted by Gasteiger charge is -2.32. The number of aromatic nitrogens is 2. The van der Waals surface area contributed by atoms with Crippen molar-refractivity contribution in [2.24, 2.45) is 0 Å². The molecule has 2 aliphatic heterocycles. The van der Waals surface area contributed by atoms with Gasteiger partial charge < -0.3 is 14.4 Å². The number of H-pyrrole nitrogens is 1. The fourth-order valence-electron chi connectivity index (χ4n) is 3.59. The van der Waals surface area contributed by atoms with Gasteiger partial charge in [-0.2, -0.15) is 5.10 Å². The Morgan fingerprint density at radius 3 is 2.69 bits per heavy atom. The van der Waals surface area contributed by atoms with Gasteiger partial charge >= 0.3 is 0 Å². The van der Waals surface area contributed by atoms with Gasteiger partial charge in [0.25, 0.3) is 5.91 Å². The molecule has 7 heteroatoms. The SMILES string of the molecule is O=C(c1cn[nH]c1C1CCOC1)N1CCC(Oc2ccc(F)cc2)CC1. The minimum Gasteiger partial charge on any atom is -0.490 e. The predicted octanol–water partition coefficient (Wildman–Crippen LogP) is 2.74. The standard InChI is InChI=1S/C19H22FN3O3/c20-14-1-3-15(4-2-14)26-16-5-8-23(9-6-16)19(24)17-11-21-22-18(17)13-7-10-25-12-13/h1-4,11,13,16H,5-10,12H2,(H,21,22). The molecule has 1 atom stereocenters. The maximum atomic E-state index is 13.0. The number of amides is 1. The van der Waals surface area contributed by atoms with Gasteiger partial charge in [-0.05, 0) is 30.7 Å². The van der Waals surface area contributed by atoms with E-state index < -0.39 is 0 Å². The third-order valence-electron chi connectivity index (χ3n) is 5.08. The van der Waals surface area contributed by atoms with Gasteiger partial charge in [-0.1, -0.05) is 0 Å². The van der Waals surface area contributed by atoms with Gasteiger partial charge in [0.2, 0.25) is 0 Å². The summed E-state index contributed by atoms with van der Waals surface area (Å²) in [5, 5.41) is 7.06. The van der Waals surface area contributed by atoms with Crippen LogP contribution < -0.4 is 4.74 Å². The van der Waals surface area contributed by atoms with Crippen LogP contribution in [0.5, 0.6) is 5.75 Å². The lowest BCUT2D eigenvalue weighted by molar-refractivity contribution is 0.0594. The zero-order valence-corrected chi connectivity index (χ0v) is 14.5. The number of rotatable bonds is 4. The molecule has 1 aromatic heterocycles. The Hall–Kier alpha value is -2.41. The van der Waals surface area contributed by atoms with Crippen molar-refractivity contribution >= 4 is 5.91 Å². The average Bonchev–Trinajstić information content (AvgIpc) is 3.35. The molecule has 0 bridgehead atoms. The molecule has 6 nitrogen and oxygen atoms in total. The number of carbonyl (C=O) groups excluding carboxylic acids is 1. The summed E-state index contributed by atoms with van der Waals surface area (Å²) in [6, 6.07) is 6.05. The average molecular weight is 359 g/mol. The fourth-order valence-corrected chi connectivity index (χ4v) is 3.59. The molecule has 26 heavy (non-hydrogen) atoms. The van der Waals surface area contributed by atoms with Crippen LogP contribution in [-0.2, 0) is 4.74 Å². The van der Waals surface area contributed by atoms with Crippen LogP contribution in [0, 0.1) is 5.82 Å². The molecule has 1 amide bonds. The van der Waals surface area contributed by atoms with Crippen molar-refractivity contribution in [1.29, 1.82) is 0 Å². The number of nitrogens with one attached hydrogen (secondary N) is 1. The number of carbonyl (C=O) groups is 1. The molecule has 2 aliphatic rings. The van der Waals surface area contributed by atoms with Gasteiger partial charge in [-0.25, -0.2) is 4.39 Å². The Labute approximate surface area is 151 Å². The molecule has 138 valence electrons. The summed E-state index contributed by atoms with van der Waals surface area (Å²) in [6.45, 7) is 2.63. The number of benzene rings is 1. The highest BCUT2D eigenvalue weighted by Crippen LogP contribution is 2.28. The van der Waals surface area contributed by atoms with Crippen molar-refractivity contribution in [2.75, 3.05) is 26.3 Å². The Morgan fingerprint density at radius 2 is 2.00 bits per heavy atom. The molecule has 2 fully saturated rings. The van der Waals surface area contributed by atoms with E-state index in [0.29, 0.717) is 31.0 Å². The van der Waals surface area contributed by atoms with E-state index in [2.05, 4.69) is 10.2 Å². The fraction of sp³-hybridized carbons (Fsp3) is 0.474. The first-order valence-corrected chi connectivity index (χ1v) is 9.03. The highest BCUT2D eigenvalue weighted by molar-refractivity contribution is 5.95. The minimum atomic E-state index is -0.277. The summed E-state index contributed by atoms with van der Waals surface area (Å²) < 4.78 is 24.3. The van der Waals surface area contributed by atoms with Crippen molar-refractivity contribution in [3.8, 4) is 5.75 Å². The second-order valence-electron chi connectivity index (χ2n) is 6.82. The molecule has 0 spiro atoms. The van der Waals surface area contributed by atoms with Crippen molar-refractivity contribution in [3.63, 3.8) is 0 Å². The van der Waals surface area contributed by atoms with Crippen molar-refractivity contribution in [3.05, 3.63) is 47.5 Å². The van der Waals surface area contributed by atoms with E-state index in [4.69, 9.17) is 9.47 Å². The number of piperidine rings is 1. The normalized spacial score (nSPS) is 21.1. The van der Waals surface area contributed by atoms with Gasteiger partial charge in [0.05, 0.1) is 24.1 Å². The monoisotopic (exact) mass is 359 g/mol. The molecule has 2 aromatic rings. The third-order valence-corrected chi connectivity index (χ3v) is 5.08. The van der Waals surface area contributed by atoms with Crippen LogP contribution in [-0.4, -0.2) is 53.4 Å². The van der Waals surface area contributed by atoms with Crippen LogP contribution in [0.25, 0.3) is 0 Å². The number of aromatic amines is 1. The van der Waals surface area contributed by atoms with Crippen LogP contribution in [0.3, 0.4) is 0 Å². The van der Waals surface area contributed by atoms with Crippen LogP contribution in [0.2, 0.25) is 0 Å². The van der Waals surface area contributed by atoms with E-state index in [9.17, 15) is 9.18 Å². The number of nitrogens with zero attached hydrogens (tertiary/aromatic N) is 2. The van der Waals surface area contributed by atoms with E-state index in [1.807, 2.05) is 4.90 Å². The molecular formula is C19H22FN3O3. The van der Waals surface area contributed by atoms with E-state index in [-0.39, 0.29) is 23.7 Å². The molecule has 0 saturated carbocycles. The van der Waals surface area contributed by atoms with E-state index in [0.717, 1.165) is 31.6 Å². The first-order chi connectivity index (χ1) is 12.7. The van der Waals surface area contributed by atoms with E-state index in [1.165, 1.54) is 12.1 Å². The molecule has 2 saturated heterocycles. The van der Waals surface area contributed by atoms with Gasteiger partial charge in [0, 0.05) is 38.5 Å². The maximum absolute atomic E-state index is 13.0. The lowest BCUT2D eigenvalue weighted by atomic mass is 9.99. The van der Waals surface area contributed by atoms with Gasteiger partial charge in [0.15, 0.2) is 0 Å². The number of hydrogen-bond donors (Lipinski definition) is 1. The molecule has 4 rings (SSSR count). The molecule has 1 aromatic carbocycles. The topological polar surface area (TPSA) is 67.5 Å². The second-order valence-corrected chi connectivity index (χ2v) is 6.82. The highest BCUT2D eigenvalue weighted by atomic mass is 19.1. The molecule has 0 radical (unpaired) electrons. The Balaban J connectivity index is 1.35. The third kappa shape index (κ3) is 3.58. The number of ether oxygens (including phenoxy) is 2. The quantitative estimate of drug-likeness (QED) is 0.911. The maximum Gasteiger partial charge on any atom is 0.257 e. The summed E-state index contributed by atoms with van der Waals surface area (Å²) in [7, 11) is 0. The number of likely N-dealkylation sites (tertiary alicyclic amines) is 1. The van der Waals surface area contributed by atoms with Crippen LogP contribution in [0.4, 0.5) is 4.39 Å². The molecule has 0 aliphatic carbocycles. The van der Waals surface area contributed by atoms with Crippen molar-refractivity contribution in [1.82, 2.24) is 15.1 Å². The summed E-state index contributed by atoms with van der Waals surface area (Å²) in [5.74, 6) is 0.618. The van der Waals surface area contributed by atoms with E-state index >= 15 is 0 Å². The predicted molar refractivity (Wildman–Crippen MR) is 92.7 cm³/mol. The Morgan fingerprint density at radius 1 is 1.23 bits per heavy atom. The zero-order valence-electron chi connectivity index (χ0n) is 14.5. The number of hydrogen-bond acceptors (Lipinski definition) is 4. The summed E-state index contributed by atoms with van der Waals surface area (Å²) >= 11 is 0. The lowest BCUT2D eigenvalue weighted by Crippen LogP contribution is -2.42. The minimum absolute atomic E-state index is 0.0147. The summed E-state index contributed by atoms with van der Waals surface area (Å²) in [6.07, 6.45) is 4.08. The van der Waals surface area contributed by atoms with Gasteiger partial charge in [-0.3, -0.25) is 9.89 Å². The van der Waals surface area contributed by atoms with Crippen LogP contribution >= 0.6 is 0 Å². The first kappa shape index (κ1) is 17.0. The molecule has 3 heterocycles. The Bertz CT molecular complexity index is 748. The number of halogens is 1. The van der Waals surface area contributed by atoms with Crippen LogP contribution in [0.15, 0.2) is 30.5 Å². The smallest absolute Gasteiger partial charge is 0.257 e. The Kier molecular flexibility index (Phi) is 4.88. The largest absolute Gasteiger partial charge is 0.490 e. The first-order valence-electron chi connectivity index (χ1n) is 9.03. The van der Waals surface area contributed by atoms with E-state index in [1.54, 1.807) is 18.3 Å². The van der Waals surface area contributed by atoms with Gasteiger partial charge in [-0.15, -0.1) is 0 Å². The molecular weight excluding hydrogens is 337 g/mol. The zero-order chi connectivity index (χ0) is 17.9.